The summed E-state index contributed by atoms with van der Waals surface area (Å²) >= 11 is 0. The molecule has 0 aromatic heterocycles. The number of nitrogens with one attached hydrogen (secondary N) is 2. The average Bonchev–Trinajstić information content (AvgIpc) is 3.04. The van der Waals surface area contributed by atoms with Crippen LogP contribution < -0.4 is 15.4 Å². The van der Waals surface area contributed by atoms with Crippen LogP contribution in [0.15, 0.2) is 54.6 Å². The second-order valence-electron chi connectivity index (χ2n) is 8.80. The maximum atomic E-state index is 13.1. The molecular formula is C25H30N4O4. The molecule has 2 aromatic rings. The number of carbonyl (C=O) groups is 3. The van der Waals surface area contributed by atoms with Crippen molar-refractivity contribution in [3.05, 3.63) is 65.7 Å². The van der Waals surface area contributed by atoms with Gasteiger partial charge < -0.3 is 15.4 Å². The first-order valence-corrected chi connectivity index (χ1v) is 11.2. The van der Waals surface area contributed by atoms with E-state index in [9.17, 15) is 14.4 Å². The van der Waals surface area contributed by atoms with Crippen molar-refractivity contribution in [2.24, 2.45) is 0 Å². The van der Waals surface area contributed by atoms with Crippen LogP contribution in [0.2, 0.25) is 0 Å². The fraction of sp³-hybridized carbons (Fsp3) is 0.400. The van der Waals surface area contributed by atoms with Gasteiger partial charge in [0, 0.05) is 19.1 Å². The number of methoxy groups -OCH3 is 1. The van der Waals surface area contributed by atoms with Crippen molar-refractivity contribution < 1.29 is 19.1 Å². The van der Waals surface area contributed by atoms with Crippen LogP contribution >= 0.6 is 0 Å². The van der Waals surface area contributed by atoms with Gasteiger partial charge in [0.2, 0.25) is 5.91 Å². The monoisotopic (exact) mass is 450 g/mol. The number of hydrogen-bond acceptors (Lipinski definition) is 5. The van der Waals surface area contributed by atoms with Crippen molar-refractivity contribution in [3.63, 3.8) is 0 Å². The Morgan fingerprint density at radius 1 is 1.15 bits per heavy atom. The third kappa shape index (κ3) is 5.01. The Labute approximate surface area is 193 Å². The second kappa shape index (κ2) is 9.62. The van der Waals surface area contributed by atoms with Gasteiger partial charge >= 0.3 is 6.03 Å². The van der Waals surface area contributed by atoms with Gasteiger partial charge in [0.25, 0.3) is 5.91 Å². The summed E-state index contributed by atoms with van der Waals surface area (Å²) in [7, 11) is 1.56. The molecular weight excluding hydrogens is 420 g/mol. The number of ether oxygens (including phenoxy) is 1. The molecule has 2 atom stereocenters. The number of hydrogen-bond donors (Lipinski definition) is 2. The molecule has 0 bridgehead atoms. The molecule has 2 unspecified atom stereocenters. The van der Waals surface area contributed by atoms with E-state index in [4.69, 9.17) is 4.74 Å². The Kier molecular flexibility index (Phi) is 6.65. The molecule has 2 N–H and O–H groups in total. The van der Waals surface area contributed by atoms with Crippen LogP contribution in [0, 0.1) is 0 Å². The summed E-state index contributed by atoms with van der Waals surface area (Å²) in [5, 5.41) is 5.75. The molecule has 0 spiro atoms. The highest BCUT2D eigenvalue weighted by atomic mass is 16.5. The van der Waals surface area contributed by atoms with Crippen molar-refractivity contribution in [2.45, 2.75) is 37.9 Å². The maximum Gasteiger partial charge on any atom is 0.325 e. The lowest BCUT2D eigenvalue weighted by atomic mass is 9.92. The molecule has 2 aliphatic heterocycles. The number of imide groups is 1. The van der Waals surface area contributed by atoms with Gasteiger partial charge in [-0.3, -0.25) is 19.4 Å². The van der Waals surface area contributed by atoms with E-state index in [2.05, 4.69) is 27.7 Å². The number of nitrogens with zero attached hydrogens (tertiary/aromatic N) is 2. The summed E-state index contributed by atoms with van der Waals surface area (Å²) in [6.45, 7) is 3.90. The van der Waals surface area contributed by atoms with Crippen molar-refractivity contribution in [3.8, 4) is 5.75 Å². The zero-order valence-electron chi connectivity index (χ0n) is 19.0. The van der Waals surface area contributed by atoms with Gasteiger partial charge in [0.15, 0.2) is 0 Å². The summed E-state index contributed by atoms with van der Waals surface area (Å²) in [5.74, 6) is -0.115. The molecule has 2 saturated heterocycles. The second-order valence-corrected chi connectivity index (χ2v) is 8.80. The van der Waals surface area contributed by atoms with E-state index in [1.807, 2.05) is 18.2 Å². The predicted octanol–water partition coefficient (Wildman–Crippen LogP) is 2.24. The van der Waals surface area contributed by atoms with Gasteiger partial charge in [-0.05, 0) is 49.6 Å². The van der Waals surface area contributed by atoms with Gasteiger partial charge in [-0.15, -0.1) is 0 Å². The molecule has 2 heterocycles. The van der Waals surface area contributed by atoms with Gasteiger partial charge in [-0.1, -0.05) is 42.5 Å². The fourth-order valence-electron chi connectivity index (χ4n) is 4.54. The van der Waals surface area contributed by atoms with E-state index >= 15 is 0 Å². The minimum atomic E-state index is -1.22. The normalized spacial score (nSPS) is 23.3. The van der Waals surface area contributed by atoms with E-state index in [1.54, 1.807) is 38.3 Å². The van der Waals surface area contributed by atoms with E-state index in [0.717, 1.165) is 37.4 Å². The molecule has 2 fully saturated rings. The molecule has 8 heteroatoms. The van der Waals surface area contributed by atoms with Gasteiger partial charge in [0.05, 0.1) is 7.11 Å². The van der Waals surface area contributed by atoms with Crippen LogP contribution in [-0.4, -0.2) is 60.4 Å². The molecule has 4 amide bonds. The van der Waals surface area contributed by atoms with Crippen molar-refractivity contribution in [1.82, 2.24) is 20.4 Å². The molecule has 2 aliphatic rings. The van der Waals surface area contributed by atoms with Gasteiger partial charge in [0.1, 0.15) is 17.8 Å². The topological polar surface area (TPSA) is 91.0 Å². The van der Waals surface area contributed by atoms with Crippen molar-refractivity contribution >= 4 is 17.8 Å². The first-order valence-electron chi connectivity index (χ1n) is 11.2. The number of rotatable bonds is 7. The van der Waals surface area contributed by atoms with Crippen molar-refractivity contribution in [1.29, 1.82) is 0 Å². The molecule has 0 aliphatic carbocycles. The van der Waals surface area contributed by atoms with Gasteiger partial charge in [-0.25, -0.2) is 4.79 Å². The summed E-state index contributed by atoms with van der Waals surface area (Å²) in [6, 6.07) is 16.6. The predicted molar refractivity (Wildman–Crippen MR) is 123 cm³/mol. The standard InChI is InChI=1S/C25H30N4O4/c1-25(19-10-12-21(33-2)13-11-19)23(31)29(24(32)27-25)17-22(30)26-20-9-6-14-28(16-20)15-18-7-4-3-5-8-18/h3-5,7-8,10-13,20H,6,9,14-17H2,1-2H3,(H,26,30)(H,27,32). The molecule has 0 radical (unpaired) electrons. The van der Waals surface area contributed by atoms with Crippen molar-refractivity contribution in [2.75, 3.05) is 26.7 Å². The number of benzene rings is 2. The molecule has 174 valence electrons. The van der Waals surface area contributed by atoms with Gasteiger partial charge in [-0.2, -0.15) is 0 Å². The first-order chi connectivity index (χ1) is 15.9. The molecule has 8 nitrogen and oxygen atoms in total. The molecule has 0 saturated carbocycles. The maximum absolute atomic E-state index is 13.1. The average molecular weight is 451 g/mol. The SMILES string of the molecule is COc1ccc(C2(C)NC(=O)N(CC(=O)NC3CCCN(Cc4ccccc4)C3)C2=O)cc1. The first kappa shape index (κ1) is 22.8. The van der Waals surface area contributed by atoms with Crippen LogP contribution in [0.1, 0.15) is 30.9 Å². The smallest absolute Gasteiger partial charge is 0.325 e. The summed E-state index contributed by atoms with van der Waals surface area (Å²) in [4.78, 5) is 41.7. The van der Waals surface area contributed by atoms with E-state index in [-0.39, 0.29) is 18.5 Å². The summed E-state index contributed by atoms with van der Waals surface area (Å²) in [6.07, 6.45) is 1.86. The van der Waals surface area contributed by atoms with Crippen LogP contribution in [0.25, 0.3) is 0 Å². The van der Waals surface area contributed by atoms with Crippen LogP contribution in [0.5, 0.6) is 5.75 Å². The Hall–Kier alpha value is -3.39. The number of likely N-dealkylation sites (tertiary alicyclic amines) is 1. The molecule has 33 heavy (non-hydrogen) atoms. The highest BCUT2D eigenvalue weighted by molar-refractivity contribution is 6.09. The van der Waals surface area contributed by atoms with Crippen LogP contribution in [0.3, 0.4) is 0 Å². The third-order valence-electron chi connectivity index (χ3n) is 6.36. The highest BCUT2D eigenvalue weighted by Gasteiger charge is 2.49. The summed E-state index contributed by atoms with van der Waals surface area (Å²) in [5.41, 5.74) is 0.649. The molecule has 4 rings (SSSR count). The van der Waals surface area contributed by atoms with Crippen LogP contribution in [0.4, 0.5) is 4.79 Å². The Bertz CT molecular complexity index is 1010. The number of amides is 4. The van der Waals surface area contributed by atoms with E-state index in [0.29, 0.717) is 11.3 Å². The van der Waals surface area contributed by atoms with E-state index in [1.165, 1.54) is 5.56 Å². The fourth-order valence-corrected chi connectivity index (χ4v) is 4.54. The minimum Gasteiger partial charge on any atom is -0.497 e. The lowest BCUT2D eigenvalue weighted by Gasteiger charge is -2.33. The number of piperidine rings is 1. The Balaban J connectivity index is 1.35. The molecule has 2 aromatic carbocycles. The zero-order valence-corrected chi connectivity index (χ0v) is 19.0. The lowest BCUT2D eigenvalue weighted by Crippen LogP contribution is -2.50. The largest absolute Gasteiger partial charge is 0.497 e. The lowest BCUT2D eigenvalue weighted by molar-refractivity contribution is -0.135. The Morgan fingerprint density at radius 3 is 2.58 bits per heavy atom. The number of carbonyl (C=O) groups excluding carboxylic acids is 3. The number of urea groups is 1. The zero-order chi connectivity index (χ0) is 23.4. The van der Waals surface area contributed by atoms with E-state index < -0.39 is 17.5 Å². The Morgan fingerprint density at radius 2 is 1.88 bits per heavy atom. The third-order valence-corrected chi connectivity index (χ3v) is 6.36. The van der Waals surface area contributed by atoms with Crippen LogP contribution in [-0.2, 0) is 21.7 Å². The minimum absolute atomic E-state index is 0.0105. The highest BCUT2D eigenvalue weighted by Crippen LogP contribution is 2.30. The summed E-state index contributed by atoms with van der Waals surface area (Å²) < 4.78 is 5.16. The quantitative estimate of drug-likeness (QED) is 0.632.